The fraction of sp³-hybridized carbons (Fsp3) is 0.368. The van der Waals surface area contributed by atoms with Gasteiger partial charge in [0, 0.05) is 0 Å². The molecule has 1 saturated carbocycles. The van der Waals surface area contributed by atoms with E-state index in [2.05, 4.69) is 25.1 Å². The van der Waals surface area contributed by atoms with Crippen molar-refractivity contribution in [1.29, 1.82) is 0 Å². The van der Waals surface area contributed by atoms with Gasteiger partial charge in [-0.05, 0) is 60.1 Å². The molecule has 104 valence electrons. The van der Waals surface area contributed by atoms with Crippen molar-refractivity contribution in [3.63, 3.8) is 0 Å². The van der Waals surface area contributed by atoms with Crippen LogP contribution in [0.4, 0.5) is 0 Å². The summed E-state index contributed by atoms with van der Waals surface area (Å²) in [5.74, 6) is 1.04. The zero-order valence-electron chi connectivity index (χ0n) is 12.1. The van der Waals surface area contributed by atoms with Crippen molar-refractivity contribution in [2.75, 3.05) is 0 Å². The lowest BCUT2D eigenvalue weighted by Crippen LogP contribution is -2.07. The third-order valence-electron chi connectivity index (χ3n) is 4.52. The van der Waals surface area contributed by atoms with Crippen LogP contribution in [-0.2, 0) is 0 Å². The Morgan fingerprint density at radius 3 is 2.30 bits per heavy atom. The van der Waals surface area contributed by atoms with E-state index in [1.807, 2.05) is 12.1 Å². The van der Waals surface area contributed by atoms with Crippen LogP contribution >= 0.6 is 0 Å². The molecule has 0 bridgehead atoms. The second kappa shape index (κ2) is 5.70. The molecule has 0 radical (unpaired) electrons. The highest BCUT2D eigenvalue weighted by atomic mass is 16.3. The maximum absolute atomic E-state index is 9.48. The largest absolute Gasteiger partial charge is 0.508 e. The van der Waals surface area contributed by atoms with Crippen LogP contribution in [0, 0.1) is 6.92 Å². The van der Waals surface area contributed by atoms with Crippen molar-refractivity contribution in [3.8, 4) is 16.9 Å². The lowest BCUT2D eigenvalue weighted by molar-refractivity contribution is 0.443. The second-order valence-electron chi connectivity index (χ2n) is 5.92. The number of rotatable bonds is 2. The molecule has 2 aromatic carbocycles. The molecule has 1 heteroatoms. The van der Waals surface area contributed by atoms with Crippen LogP contribution in [-0.4, -0.2) is 5.11 Å². The Kier molecular flexibility index (Phi) is 3.77. The van der Waals surface area contributed by atoms with Crippen molar-refractivity contribution in [3.05, 3.63) is 53.6 Å². The van der Waals surface area contributed by atoms with E-state index in [1.165, 1.54) is 54.4 Å². The Labute approximate surface area is 121 Å². The van der Waals surface area contributed by atoms with Crippen molar-refractivity contribution in [1.82, 2.24) is 0 Å². The molecule has 0 heterocycles. The predicted octanol–water partition coefficient (Wildman–Crippen LogP) is 5.42. The number of aromatic hydroxyl groups is 1. The number of hydrogen-bond acceptors (Lipinski definition) is 1. The Bertz CT molecular complexity index is 577. The van der Waals surface area contributed by atoms with Crippen LogP contribution in [0.3, 0.4) is 0 Å². The SMILES string of the molecule is Cc1cccc(-c2ccc(O)cc2)c1C1CCCCC1. The summed E-state index contributed by atoms with van der Waals surface area (Å²) in [6, 6.07) is 14.2. The molecule has 1 N–H and O–H groups in total. The predicted molar refractivity (Wildman–Crippen MR) is 84.1 cm³/mol. The van der Waals surface area contributed by atoms with Gasteiger partial charge >= 0.3 is 0 Å². The Balaban J connectivity index is 2.06. The quantitative estimate of drug-likeness (QED) is 0.770. The first-order chi connectivity index (χ1) is 9.75. The summed E-state index contributed by atoms with van der Waals surface area (Å²) in [4.78, 5) is 0. The number of phenolic OH excluding ortho intramolecular Hbond substituents is 1. The molecule has 3 rings (SSSR count). The van der Waals surface area contributed by atoms with Crippen LogP contribution in [0.1, 0.15) is 49.1 Å². The molecule has 2 aromatic rings. The first kappa shape index (κ1) is 13.2. The summed E-state index contributed by atoms with van der Waals surface area (Å²) in [7, 11) is 0. The molecule has 20 heavy (non-hydrogen) atoms. The second-order valence-corrected chi connectivity index (χ2v) is 5.92. The van der Waals surface area contributed by atoms with E-state index in [4.69, 9.17) is 0 Å². The first-order valence-corrected chi connectivity index (χ1v) is 7.64. The highest BCUT2D eigenvalue weighted by Gasteiger charge is 2.20. The van der Waals surface area contributed by atoms with E-state index >= 15 is 0 Å². The minimum atomic E-state index is 0.334. The fourth-order valence-corrected chi connectivity index (χ4v) is 3.51. The van der Waals surface area contributed by atoms with Crippen LogP contribution in [0.5, 0.6) is 5.75 Å². The summed E-state index contributed by atoms with van der Waals surface area (Å²) in [6.45, 7) is 2.23. The summed E-state index contributed by atoms with van der Waals surface area (Å²) in [6.07, 6.45) is 6.73. The molecule has 0 aromatic heterocycles. The third-order valence-corrected chi connectivity index (χ3v) is 4.52. The molecule has 0 unspecified atom stereocenters. The van der Waals surface area contributed by atoms with Gasteiger partial charge in [-0.3, -0.25) is 0 Å². The Hall–Kier alpha value is -1.76. The normalized spacial score (nSPS) is 16.2. The summed E-state index contributed by atoms with van der Waals surface area (Å²) in [5.41, 5.74) is 5.49. The van der Waals surface area contributed by atoms with E-state index in [0.29, 0.717) is 11.7 Å². The molecule has 0 spiro atoms. The van der Waals surface area contributed by atoms with E-state index in [-0.39, 0.29) is 0 Å². The van der Waals surface area contributed by atoms with Crippen LogP contribution in [0.2, 0.25) is 0 Å². The number of aryl methyl sites for hydroxylation is 1. The van der Waals surface area contributed by atoms with E-state index in [1.54, 1.807) is 12.1 Å². The molecule has 1 aliphatic rings. The zero-order valence-corrected chi connectivity index (χ0v) is 12.1. The van der Waals surface area contributed by atoms with Gasteiger partial charge < -0.3 is 5.11 Å². The minimum absolute atomic E-state index is 0.334. The molecule has 0 saturated heterocycles. The van der Waals surface area contributed by atoms with Gasteiger partial charge in [0.1, 0.15) is 5.75 Å². The smallest absolute Gasteiger partial charge is 0.115 e. The standard InChI is InChI=1S/C19H22O/c1-14-6-5-9-18(15-10-12-17(20)13-11-15)19(14)16-7-3-2-4-8-16/h5-6,9-13,16,20H,2-4,7-8H2,1H3. The topological polar surface area (TPSA) is 20.2 Å². The molecule has 0 atom stereocenters. The third kappa shape index (κ3) is 2.58. The van der Waals surface area contributed by atoms with Crippen molar-refractivity contribution >= 4 is 0 Å². The number of benzene rings is 2. The molecule has 1 nitrogen and oxygen atoms in total. The molecule has 1 aliphatic carbocycles. The average Bonchev–Trinajstić information content (AvgIpc) is 2.49. The maximum atomic E-state index is 9.48. The van der Waals surface area contributed by atoms with E-state index < -0.39 is 0 Å². The monoisotopic (exact) mass is 266 g/mol. The van der Waals surface area contributed by atoms with Gasteiger partial charge in [-0.2, -0.15) is 0 Å². The number of phenols is 1. The maximum Gasteiger partial charge on any atom is 0.115 e. The fourth-order valence-electron chi connectivity index (χ4n) is 3.51. The van der Waals surface area contributed by atoms with Gasteiger partial charge in [-0.1, -0.05) is 49.6 Å². The lowest BCUT2D eigenvalue weighted by atomic mass is 9.79. The van der Waals surface area contributed by atoms with Gasteiger partial charge in [-0.25, -0.2) is 0 Å². The first-order valence-electron chi connectivity index (χ1n) is 7.64. The van der Waals surface area contributed by atoms with Crippen molar-refractivity contribution < 1.29 is 5.11 Å². The lowest BCUT2D eigenvalue weighted by Gasteiger charge is -2.26. The van der Waals surface area contributed by atoms with Crippen molar-refractivity contribution in [2.45, 2.75) is 44.9 Å². The molecular weight excluding hydrogens is 244 g/mol. The average molecular weight is 266 g/mol. The van der Waals surface area contributed by atoms with Crippen LogP contribution in [0.15, 0.2) is 42.5 Å². The summed E-state index contributed by atoms with van der Waals surface area (Å²) < 4.78 is 0. The molecule has 1 fully saturated rings. The molecule has 0 amide bonds. The Morgan fingerprint density at radius 1 is 0.900 bits per heavy atom. The van der Waals surface area contributed by atoms with Gasteiger partial charge in [0.05, 0.1) is 0 Å². The van der Waals surface area contributed by atoms with Crippen LogP contribution < -0.4 is 0 Å². The summed E-state index contributed by atoms with van der Waals surface area (Å²) >= 11 is 0. The van der Waals surface area contributed by atoms with E-state index in [9.17, 15) is 5.11 Å². The summed E-state index contributed by atoms with van der Waals surface area (Å²) in [5, 5.41) is 9.48. The van der Waals surface area contributed by atoms with E-state index in [0.717, 1.165) is 0 Å². The molecular formula is C19H22O. The highest BCUT2D eigenvalue weighted by Crippen LogP contribution is 2.40. The van der Waals surface area contributed by atoms with Crippen molar-refractivity contribution in [2.24, 2.45) is 0 Å². The van der Waals surface area contributed by atoms with Crippen LogP contribution in [0.25, 0.3) is 11.1 Å². The minimum Gasteiger partial charge on any atom is -0.508 e. The van der Waals surface area contributed by atoms with Gasteiger partial charge in [0.15, 0.2) is 0 Å². The zero-order chi connectivity index (χ0) is 13.9. The molecule has 0 aliphatic heterocycles. The van der Waals surface area contributed by atoms with Gasteiger partial charge in [0.2, 0.25) is 0 Å². The van der Waals surface area contributed by atoms with Gasteiger partial charge in [-0.15, -0.1) is 0 Å². The number of hydrogen-bond donors (Lipinski definition) is 1. The van der Waals surface area contributed by atoms with Gasteiger partial charge in [0.25, 0.3) is 0 Å². The Morgan fingerprint density at radius 2 is 1.60 bits per heavy atom. The highest BCUT2D eigenvalue weighted by molar-refractivity contribution is 5.70.